The minimum absolute atomic E-state index is 0.00506. The largest absolute Gasteiger partial charge is 0.479 e. The van der Waals surface area contributed by atoms with E-state index in [1.807, 2.05) is 12.2 Å². The van der Waals surface area contributed by atoms with Crippen molar-refractivity contribution in [3.63, 3.8) is 0 Å². The molecule has 0 bridgehead atoms. The summed E-state index contributed by atoms with van der Waals surface area (Å²) in [5, 5.41) is 31.5. The second kappa shape index (κ2) is 53.5. The van der Waals surface area contributed by atoms with E-state index in [0.29, 0.717) is 25.7 Å². The van der Waals surface area contributed by atoms with Gasteiger partial charge in [-0.05, 0) is 122 Å². The van der Waals surface area contributed by atoms with Crippen molar-refractivity contribution >= 4 is 23.9 Å². The average molecular weight is 1100 g/mol. The van der Waals surface area contributed by atoms with Crippen LogP contribution in [0.1, 0.15) is 213 Å². The topological polar surface area (TPSA) is 175 Å². The van der Waals surface area contributed by atoms with Crippen molar-refractivity contribution in [1.29, 1.82) is 0 Å². The third-order valence-electron chi connectivity index (χ3n) is 12.7. The van der Waals surface area contributed by atoms with Crippen LogP contribution in [0.3, 0.4) is 0 Å². The van der Waals surface area contributed by atoms with E-state index in [1.165, 1.54) is 32.1 Å². The molecule has 0 saturated carbocycles. The molecule has 1 aliphatic heterocycles. The van der Waals surface area contributed by atoms with Crippen molar-refractivity contribution in [1.82, 2.24) is 0 Å². The Morgan fingerprint density at radius 2 is 0.823 bits per heavy atom. The summed E-state index contributed by atoms with van der Waals surface area (Å²) in [5.41, 5.74) is 0. The maximum atomic E-state index is 13.1. The number of unbranched alkanes of at least 4 members (excludes halogenated alkanes) is 13. The Bertz CT molecular complexity index is 1880. The van der Waals surface area contributed by atoms with Gasteiger partial charge in [0.05, 0.1) is 6.61 Å². The van der Waals surface area contributed by atoms with Crippen LogP contribution in [0.5, 0.6) is 0 Å². The van der Waals surface area contributed by atoms with E-state index in [9.17, 15) is 34.5 Å². The van der Waals surface area contributed by atoms with Crippen LogP contribution in [-0.4, -0.2) is 89.2 Å². The van der Waals surface area contributed by atoms with Crippen LogP contribution in [-0.2, 0) is 42.9 Å². The number of carboxylic acids is 1. The quantitative estimate of drug-likeness (QED) is 0.0228. The lowest BCUT2D eigenvalue weighted by atomic mass is 9.98. The first kappa shape index (κ1) is 71.9. The number of hydrogen-bond donors (Lipinski definition) is 3. The highest BCUT2D eigenvalue weighted by atomic mass is 16.7. The van der Waals surface area contributed by atoms with E-state index in [0.717, 1.165) is 116 Å². The van der Waals surface area contributed by atoms with E-state index in [-0.39, 0.29) is 25.9 Å². The molecule has 0 aromatic rings. The molecule has 12 heteroatoms. The van der Waals surface area contributed by atoms with Crippen LogP contribution in [0.2, 0.25) is 0 Å². The second-order valence-corrected chi connectivity index (χ2v) is 19.9. The lowest BCUT2D eigenvalue weighted by Crippen LogP contribution is -2.61. The minimum atomic E-state index is -1.93. The summed E-state index contributed by atoms with van der Waals surface area (Å²) in [6.07, 6.45) is 62.9. The minimum Gasteiger partial charge on any atom is -0.479 e. The lowest BCUT2D eigenvalue weighted by Gasteiger charge is -2.40. The summed E-state index contributed by atoms with van der Waals surface area (Å²) >= 11 is 0. The molecule has 1 aliphatic rings. The molecule has 6 unspecified atom stereocenters. The molecule has 1 rings (SSSR count). The summed E-state index contributed by atoms with van der Waals surface area (Å²) in [6.45, 7) is 5.64. The van der Waals surface area contributed by atoms with E-state index in [4.69, 9.17) is 23.7 Å². The second-order valence-electron chi connectivity index (χ2n) is 19.9. The van der Waals surface area contributed by atoms with Crippen LogP contribution < -0.4 is 0 Å². The van der Waals surface area contributed by atoms with Gasteiger partial charge in [-0.2, -0.15) is 0 Å². The van der Waals surface area contributed by atoms with Gasteiger partial charge in [-0.3, -0.25) is 14.4 Å². The average Bonchev–Trinajstić information content (AvgIpc) is 3.46. The van der Waals surface area contributed by atoms with Crippen LogP contribution in [0, 0.1) is 0 Å². The number of allylic oxidation sites excluding steroid dienone is 22. The van der Waals surface area contributed by atoms with Crippen molar-refractivity contribution in [3.8, 4) is 0 Å². The third kappa shape index (κ3) is 43.4. The predicted octanol–water partition coefficient (Wildman–Crippen LogP) is 15.8. The van der Waals surface area contributed by atoms with Crippen LogP contribution in [0.4, 0.5) is 0 Å². The molecule has 0 aromatic carbocycles. The smallest absolute Gasteiger partial charge is 0.335 e. The Kier molecular flexibility index (Phi) is 48.7. The number of aliphatic hydroxyl groups is 2. The summed E-state index contributed by atoms with van der Waals surface area (Å²) < 4.78 is 28.3. The third-order valence-corrected chi connectivity index (χ3v) is 12.7. The van der Waals surface area contributed by atoms with Gasteiger partial charge in [0.1, 0.15) is 18.8 Å². The van der Waals surface area contributed by atoms with Gasteiger partial charge < -0.3 is 39.0 Å². The summed E-state index contributed by atoms with van der Waals surface area (Å²) in [5.74, 6) is -3.30. The molecular weight excluding hydrogens is 997 g/mol. The van der Waals surface area contributed by atoms with Crippen molar-refractivity contribution in [2.24, 2.45) is 0 Å². The van der Waals surface area contributed by atoms with Gasteiger partial charge in [0.2, 0.25) is 0 Å². The molecule has 0 aliphatic carbocycles. The molecule has 12 nitrogen and oxygen atoms in total. The van der Waals surface area contributed by atoms with Gasteiger partial charge >= 0.3 is 23.9 Å². The number of ether oxygens (including phenoxy) is 5. The summed E-state index contributed by atoms with van der Waals surface area (Å²) in [6, 6.07) is 0. The number of esters is 3. The highest BCUT2D eigenvalue weighted by molar-refractivity contribution is 5.74. The standard InChI is InChI=1S/C67H104O12/c1-4-7-10-13-16-19-22-25-27-29-30-32-34-37-40-43-46-49-52-55-61(70)78-65-63(72)62(71)64(66(73)74)79-67(65)76-57-58(77-60(69)54-51-48-45-42-39-35-24-21-18-15-12-9-6-3)56-75-59(68)53-50-47-44-41-38-36-33-31-28-26-23-20-17-14-11-8-5-2/h7,9-10,12,16-21,25-28,30,32,35,37,39-40,45,48,58,62-65,67,71-72H,4-6,8,11,13-15,22-24,29,31,33-34,36,38,41-44,46-47,49-57H2,1-3H3,(H,73,74)/b10-7-,12-9-,19-16-,20-17-,21-18-,27-25-,28-26-,32-30-,39-35-,40-37-,48-45-. The number of hydrogen-bond acceptors (Lipinski definition) is 11. The van der Waals surface area contributed by atoms with Gasteiger partial charge in [0, 0.05) is 19.3 Å². The highest BCUT2D eigenvalue weighted by Crippen LogP contribution is 2.26. The van der Waals surface area contributed by atoms with Gasteiger partial charge in [0.25, 0.3) is 0 Å². The van der Waals surface area contributed by atoms with Crippen LogP contribution >= 0.6 is 0 Å². The molecule has 444 valence electrons. The number of rotatable bonds is 49. The fourth-order valence-electron chi connectivity index (χ4n) is 8.14. The van der Waals surface area contributed by atoms with Gasteiger partial charge in [0.15, 0.2) is 24.6 Å². The van der Waals surface area contributed by atoms with Crippen molar-refractivity contribution in [2.45, 2.75) is 250 Å². The molecule has 1 saturated heterocycles. The van der Waals surface area contributed by atoms with Crippen molar-refractivity contribution in [3.05, 3.63) is 134 Å². The van der Waals surface area contributed by atoms with Crippen LogP contribution in [0.25, 0.3) is 0 Å². The summed E-state index contributed by atoms with van der Waals surface area (Å²) in [4.78, 5) is 51.1. The Balaban J connectivity index is 2.74. The predicted molar refractivity (Wildman–Crippen MR) is 321 cm³/mol. The Morgan fingerprint density at radius 3 is 1.28 bits per heavy atom. The molecule has 0 radical (unpaired) electrons. The monoisotopic (exact) mass is 1100 g/mol. The maximum Gasteiger partial charge on any atom is 0.335 e. The molecule has 6 atom stereocenters. The zero-order valence-electron chi connectivity index (χ0n) is 48.8. The first-order valence-electron chi connectivity index (χ1n) is 30.2. The number of aliphatic hydroxyl groups excluding tert-OH is 2. The van der Waals surface area contributed by atoms with Crippen molar-refractivity contribution < 1.29 is 58.2 Å². The van der Waals surface area contributed by atoms with Gasteiger partial charge in [-0.1, -0.05) is 206 Å². The molecule has 3 N–H and O–H groups in total. The fraction of sp³-hybridized carbons (Fsp3) is 0.612. The van der Waals surface area contributed by atoms with E-state index >= 15 is 0 Å². The molecule has 0 aromatic heterocycles. The van der Waals surface area contributed by atoms with E-state index in [1.54, 1.807) is 0 Å². The van der Waals surface area contributed by atoms with Gasteiger partial charge in [-0.15, -0.1) is 0 Å². The van der Waals surface area contributed by atoms with Gasteiger partial charge in [-0.25, -0.2) is 4.79 Å². The lowest BCUT2D eigenvalue weighted by molar-refractivity contribution is -0.301. The summed E-state index contributed by atoms with van der Waals surface area (Å²) in [7, 11) is 0. The fourth-order valence-corrected chi connectivity index (χ4v) is 8.14. The van der Waals surface area contributed by atoms with Crippen LogP contribution in [0.15, 0.2) is 134 Å². The Morgan fingerprint density at radius 1 is 0.430 bits per heavy atom. The number of carbonyl (C=O) groups is 4. The SMILES string of the molecule is CC/C=C\C/C=C\C/C=C\C/C=C\C/C=C\CCCCCC(=O)OC1C(OCC(COC(=O)CCCCCCCCC/C=C\C/C=C\CCCCC)OC(=O)CC/C=C\C/C=C\C/C=C\C/C=C\CC)OC(C(=O)O)C(O)C1O. The molecule has 1 heterocycles. The maximum absolute atomic E-state index is 13.1. The Hall–Kier alpha value is -5.14. The molecule has 0 amide bonds. The normalized spacial score (nSPS) is 18.8. The Labute approximate surface area is 477 Å². The molecule has 0 spiro atoms. The van der Waals surface area contributed by atoms with Crippen molar-refractivity contribution in [2.75, 3.05) is 13.2 Å². The first-order chi connectivity index (χ1) is 38.6. The zero-order valence-corrected chi connectivity index (χ0v) is 48.8. The first-order valence-corrected chi connectivity index (χ1v) is 30.2. The molecule has 79 heavy (non-hydrogen) atoms. The number of carbonyl (C=O) groups excluding carboxylic acids is 3. The van der Waals surface area contributed by atoms with E-state index < -0.39 is 67.3 Å². The highest BCUT2D eigenvalue weighted by Gasteiger charge is 2.50. The molecule has 1 fully saturated rings. The zero-order chi connectivity index (χ0) is 57.5. The number of carboxylic acid groups (broad SMARTS) is 1. The number of aliphatic carboxylic acids is 1. The molecular formula is C67H104O12. The van der Waals surface area contributed by atoms with E-state index in [2.05, 4.69) is 142 Å².